The number of ether oxygens (including phenoxy) is 1. The molecule has 0 amide bonds. The number of carbonyl (C=O) groups is 1. The van der Waals surface area contributed by atoms with Crippen LogP contribution in [-0.4, -0.2) is 20.8 Å². The van der Waals surface area contributed by atoms with Crippen LogP contribution >= 0.6 is 15.9 Å². The van der Waals surface area contributed by atoms with Gasteiger partial charge in [0, 0.05) is 46.1 Å². The molecule has 0 aliphatic rings. The number of para-hydroxylation sites is 1. The van der Waals surface area contributed by atoms with Crippen LogP contribution in [0.25, 0.3) is 21.8 Å². The van der Waals surface area contributed by atoms with Gasteiger partial charge in [-0.1, -0.05) is 40.2 Å². The number of hydrogen-bond donors (Lipinski definition) is 0. The minimum Gasteiger partial charge on any atom is -0.443 e. The maximum Gasteiger partial charge on any atom is 0.419 e. The molecule has 0 spiro atoms. The number of benzene rings is 2. The molecule has 2 aromatic heterocycles. The largest absolute Gasteiger partial charge is 0.443 e. The second-order valence-electron chi connectivity index (χ2n) is 8.09. The normalized spacial score (nSPS) is 12.0. The van der Waals surface area contributed by atoms with Crippen molar-refractivity contribution in [1.82, 2.24) is 9.13 Å². The summed E-state index contributed by atoms with van der Waals surface area (Å²) in [6, 6.07) is 16.2. The van der Waals surface area contributed by atoms with Gasteiger partial charge in [-0.05, 0) is 50.6 Å². The molecule has 0 aliphatic heterocycles. The summed E-state index contributed by atoms with van der Waals surface area (Å²) < 4.78 is 10.6. The maximum atomic E-state index is 13.0. The fourth-order valence-corrected chi connectivity index (χ4v) is 4.30. The average molecular weight is 439 g/mol. The molecule has 5 heteroatoms. The van der Waals surface area contributed by atoms with Crippen molar-refractivity contribution >= 4 is 43.8 Å². The van der Waals surface area contributed by atoms with Crippen LogP contribution in [0.1, 0.15) is 32.0 Å². The number of fused-ring (bicyclic) bond motifs is 2. The quantitative estimate of drug-likeness (QED) is 0.369. The third kappa shape index (κ3) is 3.35. The third-order valence-electron chi connectivity index (χ3n) is 4.78. The van der Waals surface area contributed by atoms with Crippen LogP contribution < -0.4 is 0 Å². The number of carbonyl (C=O) groups excluding carboxylic acids is 1. The Kier molecular flexibility index (Phi) is 4.58. The van der Waals surface area contributed by atoms with Crippen molar-refractivity contribution in [3.63, 3.8) is 0 Å². The molecule has 4 nitrogen and oxygen atoms in total. The molecule has 0 atom stereocenters. The van der Waals surface area contributed by atoms with E-state index in [1.165, 1.54) is 5.39 Å². The van der Waals surface area contributed by atoms with E-state index in [1.807, 2.05) is 58.2 Å². The highest BCUT2D eigenvalue weighted by atomic mass is 79.9. The predicted octanol–water partition coefficient (Wildman–Crippen LogP) is 6.27. The van der Waals surface area contributed by atoms with Gasteiger partial charge >= 0.3 is 6.09 Å². The average Bonchev–Trinajstić information content (AvgIpc) is 3.12. The van der Waals surface area contributed by atoms with Gasteiger partial charge in [0.1, 0.15) is 5.60 Å². The summed E-state index contributed by atoms with van der Waals surface area (Å²) in [7, 11) is 2.04. The van der Waals surface area contributed by atoms with Crippen LogP contribution in [0.2, 0.25) is 0 Å². The Hall–Kier alpha value is -2.53. The molecule has 2 heterocycles. The van der Waals surface area contributed by atoms with Gasteiger partial charge in [-0.2, -0.15) is 0 Å². The molecular formula is C23H23BrN2O2. The molecule has 4 aromatic rings. The van der Waals surface area contributed by atoms with Crippen LogP contribution in [0.5, 0.6) is 0 Å². The zero-order valence-corrected chi connectivity index (χ0v) is 18.1. The predicted molar refractivity (Wildman–Crippen MR) is 117 cm³/mol. The lowest BCUT2D eigenvalue weighted by atomic mass is 10.1. The lowest BCUT2D eigenvalue weighted by molar-refractivity contribution is 0.0541. The number of rotatable bonds is 2. The summed E-state index contributed by atoms with van der Waals surface area (Å²) in [6.07, 6.45) is 2.42. The smallest absolute Gasteiger partial charge is 0.419 e. The van der Waals surface area contributed by atoms with Crippen LogP contribution in [0, 0.1) is 0 Å². The van der Waals surface area contributed by atoms with Crippen LogP contribution in [-0.2, 0) is 18.2 Å². The molecule has 0 saturated carbocycles. The molecule has 0 saturated heterocycles. The molecule has 28 heavy (non-hydrogen) atoms. The van der Waals surface area contributed by atoms with E-state index < -0.39 is 5.60 Å². The van der Waals surface area contributed by atoms with E-state index in [4.69, 9.17) is 4.74 Å². The molecule has 0 radical (unpaired) electrons. The molecule has 0 aliphatic carbocycles. The van der Waals surface area contributed by atoms with Gasteiger partial charge in [0.05, 0.1) is 5.52 Å². The maximum absolute atomic E-state index is 13.0. The van der Waals surface area contributed by atoms with Crippen molar-refractivity contribution in [2.75, 3.05) is 0 Å². The second kappa shape index (κ2) is 6.82. The van der Waals surface area contributed by atoms with Crippen molar-refractivity contribution in [3.8, 4) is 0 Å². The Bertz CT molecular complexity index is 1190. The van der Waals surface area contributed by atoms with E-state index in [-0.39, 0.29) is 6.09 Å². The summed E-state index contributed by atoms with van der Waals surface area (Å²) in [4.78, 5) is 13.0. The number of aryl methyl sites for hydroxylation is 1. The van der Waals surface area contributed by atoms with E-state index >= 15 is 0 Å². The summed E-state index contributed by atoms with van der Waals surface area (Å²) in [6.45, 7) is 5.66. The lowest BCUT2D eigenvalue weighted by Gasteiger charge is -2.21. The highest BCUT2D eigenvalue weighted by molar-refractivity contribution is 9.10. The van der Waals surface area contributed by atoms with Gasteiger partial charge in [0.25, 0.3) is 0 Å². The van der Waals surface area contributed by atoms with Crippen molar-refractivity contribution in [3.05, 3.63) is 70.5 Å². The van der Waals surface area contributed by atoms with E-state index in [2.05, 4.69) is 44.9 Å². The Morgan fingerprint density at radius 2 is 1.79 bits per heavy atom. The first-order valence-electron chi connectivity index (χ1n) is 9.30. The molecule has 0 N–H and O–H groups in total. The molecule has 0 bridgehead atoms. The van der Waals surface area contributed by atoms with Crippen molar-refractivity contribution in [1.29, 1.82) is 0 Å². The first-order chi connectivity index (χ1) is 13.2. The molecular weight excluding hydrogens is 416 g/mol. The van der Waals surface area contributed by atoms with Crippen molar-refractivity contribution in [2.24, 2.45) is 7.05 Å². The summed E-state index contributed by atoms with van der Waals surface area (Å²) >= 11 is 3.68. The number of nitrogens with zero attached hydrogens (tertiary/aromatic N) is 2. The summed E-state index contributed by atoms with van der Waals surface area (Å²) in [5.74, 6) is 0. The fraction of sp³-hybridized carbons (Fsp3) is 0.261. The molecule has 4 rings (SSSR count). The molecule has 2 aromatic carbocycles. The van der Waals surface area contributed by atoms with E-state index in [0.29, 0.717) is 6.42 Å². The van der Waals surface area contributed by atoms with Crippen molar-refractivity contribution in [2.45, 2.75) is 32.8 Å². The Balaban J connectivity index is 1.86. The standard InChI is InChI=1S/C23H23BrN2O2/c1-23(2,3)28-22(27)26-17(12-15-8-5-6-10-19(15)26)13-16-14-25(4)20-11-7-9-18(24)21(16)20/h5-12,14H,13H2,1-4H3. The van der Waals surface area contributed by atoms with E-state index in [9.17, 15) is 4.79 Å². The number of aromatic nitrogens is 2. The third-order valence-corrected chi connectivity index (χ3v) is 5.44. The van der Waals surface area contributed by atoms with Gasteiger partial charge in [-0.3, -0.25) is 0 Å². The number of halogens is 1. The fourth-order valence-electron chi connectivity index (χ4n) is 3.69. The van der Waals surface area contributed by atoms with Gasteiger partial charge in [-0.25, -0.2) is 9.36 Å². The number of hydrogen-bond acceptors (Lipinski definition) is 2. The van der Waals surface area contributed by atoms with Crippen LogP contribution in [0.15, 0.2) is 59.2 Å². The molecule has 0 unspecified atom stereocenters. The minimum absolute atomic E-state index is 0.344. The second-order valence-corrected chi connectivity index (χ2v) is 8.94. The zero-order valence-electron chi connectivity index (χ0n) is 16.5. The Labute approximate surface area is 172 Å². The molecule has 0 fully saturated rings. The minimum atomic E-state index is -0.553. The van der Waals surface area contributed by atoms with Gasteiger partial charge in [-0.15, -0.1) is 0 Å². The van der Waals surface area contributed by atoms with Crippen LogP contribution in [0.3, 0.4) is 0 Å². The highest BCUT2D eigenvalue weighted by Gasteiger charge is 2.23. The summed E-state index contributed by atoms with van der Waals surface area (Å²) in [5, 5.41) is 2.20. The Morgan fingerprint density at radius 1 is 1.07 bits per heavy atom. The van der Waals surface area contributed by atoms with E-state index in [1.54, 1.807) is 4.57 Å². The van der Waals surface area contributed by atoms with Crippen molar-refractivity contribution < 1.29 is 9.53 Å². The SMILES string of the molecule is Cn1cc(Cc2cc3ccccc3n2C(=O)OC(C)(C)C)c2c(Br)cccc21. The molecule has 144 valence electrons. The van der Waals surface area contributed by atoms with Gasteiger partial charge in [0.15, 0.2) is 0 Å². The highest BCUT2D eigenvalue weighted by Crippen LogP contribution is 2.31. The van der Waals surface area contributed by atoms with E-state index in [0.717, 1.165) is 32.1 Å². The Morgan fingerprint density at radius 3 is 2.54 bits per heavy atom. The zero-order chi connectivity index (χ0) is 20.1. The van der Waals surface area contributed by atoms with Crippen LogP contribution in [0.4, 0.5) is 4.79 Å². The first kappa shape index (κ1) is 18.8. The summed E-state index contributed by atoms with van der Waals surface area (Å²) in [5.41, 5.74) is 3.55. The monoisotopic (exact) mass is 438 g/mol. The van der Waals surface area contributed by atoms with Gasteiger partial charge in [0.2, 0.25) is 0 Å². The topological polar surface area (TPSA) is 36.2 Å². The first-order valence-corrected chi connectivity index (χ1v) is 10.1. The lowest BCUT2D eigenvalue weighted by Crippen LogP contribution is -2.28. The van der Waals surface area contributed by atoms with Gasteiger partial charge < -0.3 is 9.30 Å².